The zero-order valence-corrected chi connectivity index (χ0v) is 14.6. The van der Waals surface area contributed by atoms with E-state index in [0.29, 0.717) is 25.2 Å². The predicted molar refractivity (Wildman–Crippen MR) is 92.2 cm³/mol. The van der Waals surface area contributed by atoms with Gasteiger partial charge in [0.15, 0.2) is 5.82 Å². The van der Waals surface area contributed by atoms with Gasteiger partial charge in [-0.1, -0.05) is 11.6 Å². The Labute approximate surface area is 148 Å². The summed E-state index contributed by atoms with van der Waals surface area (Å²) in [6.45, 7) is 4.34. The van der Waals surface area contributed by atoms with E-state index in [4.69, 9.17) is 11.6 Å². The lowest BCUT2D eigenvalue weighted by atomic mass is 9.98. The molecule has 1 aliphatic heterocycles. The number of aromatic nitrogens is 3. The minimum Gasteiger partial charge on any atom is -0.352 e. The molecule has 2 N–H and O–H groups in total. The fourth-order valence-corrected chi connectivity index (χ4v) is 2.95. The van der Waals surface area contributed by atoms with Crippen LogP contribution in [0.3, 0.4) is 0 Å². The van der Waals surface area contributed by atoms with Gasteiger partial charge in [0.1, 0.15) is 16.5 Å². The van der Waals surface area contributed by atoms with Gasteiger partial charge in [0.2, 0.25) is 5.95 Å². The van der Waals surface area contributed by atoms with Crippen molar-refractivity contribution in [2.75, 3.05) is 24.5 Å². The Kier molecular flexibility index (Phi) is 4.75. The Bertz CT molecular complexity index is 836. The number of hydrogen-bond donors (Lipinski definition) is 2. The number of hydrogen-bond acceptors (Lipinski definition) is 5. The third kappa shape index (κ3) is 3.80. The molecule has 1 unspecified atom stereocenters. The first-order chi connectivity index (χ1) is 11.8. The molecule has 2 aromatic heterocycles. The molecule has 2 aromatic rings. The molecule has 9 heteroatoms. The molecule has 1 fully saturated rings. The van der Waals surface area contributed by atoms with Gasteiger partial charge in [-0.25, -0.2) is 14.4 Å². The van der Waals surface area contributed by atoms with Gasteiger partial charge in [-0.05, 0) is 19.9 Å². The van der Waals surface area contributed by atoms with Crippen molar-refractivity contribution in [3.05, 3.63) is 39.7 Å². The van der Waals surface area contributed by atoms with E-state index in [1.807, 2.05) is 0 Å². The Hall–Kier alpha value is -2.06. The summed E-state index contributed by atoms with van der Waals surface area (Å²) in [4.78, 5) is 24.3. The van der Waals surface area contributed by atoms with Crippen LogP contribution in [0.15, 0.2) is 23.1 Å². The fraction of sp³-hybridized carbons (Fsp3) is 0.438. The van der Waals surface area contributed by atoms with E-state index >= 15 is 0 Å². The van der Waals surface area contributed by atoms with Crippen LogP contribution in [0, 0.1) is 5.95 Å². The average molecular weight is 370 g/mol. The summed E-state index contributed by atoms with van der Waals surface area (Å²) in [6, 6.07) is 2.27. The van der Waals surface area contributed by atoms with Gasteiger partial charge in [-0.2, -0.15) is 4.39 Å². The lowest BCUT2D eigenvalue weighted by Crippen LogP contribution is -2.58. The van der Waals surface area contributed by atoms with Gasteiger partial charge in [0.05, 0.1) is 6.04 Å². The van der Waals surface area contributed by atoms with Crippen molar-refractivity contribution in [1.29, 1.82) is 0 Å². The van der Waals surface area contributed by atoms with Gasteiger partial charge in [0, 0.05) is 37.5 Å². The van der Waals surface area contributed by atoms with Gasteiger partial charge in [-0.3, -0.25) is 4.79 Å². The predicted octanol–water partition coefficient (Wildman–Crippen LogP) is 2.15. The summed E-state index contributed by atoms with van der Waals surface area (Å²) in [5.41, 5.74) is -1.60. The highest BCUT2D eigenvalue weighted by Crippen LogP contribution is 2.26. The number of halogens is 3. The molecule has 134 valence electrons. The normalized spacial score (nSPS) is 18.4. The number of aromatic amines is 1. The zero-order chi connectivity index (χ0) is 18.2. The van der Waals surface area contributed by atoms with E-state index < -0.39 is 23.2 Å². The fourth-order valence-electron chi connectivity index (χ4n) is 2.75. The summed E-state index contributed by atoms with van der Waals surface area (Å²) in [7, 11) is 0. The van der Waals surface area contributed by atoms with E-state index in [1.54, 1.807) is 4.90 Å². The first kappa shape index (κ1) is 17.8. The molecule has 0 radical (unpaired) electrons. The molecule has 0 amide bonds. The molecular weight excluding hydrogens is 352 g/mol. The van der Waals surface area contributed by atoms with Crippen LogP contribution >= 0.6 is 11.6 Å². The number of alkyl halides is 1. The van der Waals surface area contributed by atoms with Crippen LogP contribution in [-0.2, 0) is 0 Å². The lowest BCUT2D eigenvalue weighted by Gasteiger charge is -2.39. The Morgan fingerprint density at radius 1 is 1.44 bits per heavy atom. The van der Waals surface area contributed by atoms with Crippen LogP contribution in [-0.4, -0.2) is 46.3 Å². The second-order valence-electron chi connectivity index (χ2n) is 6.44. The number of piperazine rings is 1. The maximum Gasteiger partial charge on any atom is 0.272 e. The monoisotopic (exact) mass is 369 g/mol. The van der Waals surface area contributed by atoms with Crippen LogP contribution in [0.1, 0.15) is 13.8 Å². The Morgan fingerprint density at radius 3 is 2.88 bits per heavy atom. The van der Waals surface area contributed by atoms with Crippen molar-refractivity contribution in [2.45, 2.75) is 25.6 Å². The van der Waals surface area contributed by atoms with E-state index in [-0.39, 0.29) is 16.7 Å². The highest BCUT2D eigenvalue weighted by molar-refractivity contribution is 6.32. The number of nitrogens with one attached hydrogen (secondary N) is 2. The molecule has 0 aromatic carbocycles. The lowest BCUT2D eigenvalue weighted by molar-refractivity contribution is 0.143. The smallest absolute Gasteiger partial charge is 0.272 e. The number of nitrogens with zero attached hydrogens (tertiary/aromatic N) is 3. The molecule has 0 spiro atoms. The third-order valence-corrected chi connectivity index (χ3v) is 4.49. The van der Waals surface area contributed by atoms with Gasteiger partial charge >= 0.3 is 0 Å². The van der Waals surface area contributed by atoms with Crippen molar-refractivity contribution in [3.63, 3.8) is 0 Å². The summed E-state index contributed by atoms with van der Waals surface area (Å²) in [6.07, 6.45) is 1.28. The van der Waals surface area contributed by atoms with E-state index in [0.717, 1.165) is 0 Å². The van der Waals surface area contributed by atoms with Gasteiger partial charge in [-0.15, -0.1) is 0 Å². The molecule has 1 aliphatic rings. The minimum atomic E-state index is -1.44. The molecule has 1 atom stereocenters. The molecule has 0 aliphatic carbocycles. The Morgan fingerprint density at radius 2 is 2.20 bits per heavy atom. The average Bonchev–Trinajstić information content (AvgIpc) is 2.56. The summed E-state index contributed by atoms with van der Waals surface area (Å²) in [5.74, 6) is -0.244. The SMILES string of the molecule is CC(C)(F)C1CN(c2nc(-c3ccnc(F)c3)[nH]c(=O)c2Cl)CCN1. The van der Waals surface area contributed by atoms with E-state index in [9.17, 15) is 13.6 Å². The molecule has 6 nitrogen and oxygen atoms in total. The standard InChI is InChI=1S/C16H18ClF2N5O/c1-16(2,19)10-8-24(6-5-20-10)14-12(17)15(25)23-13(22-14)9-3-4-21-11(18)7-9/h3-4,7,10,20H,5-6,8H2,1-2H3,(H,22,23,25). The summed E-state index contributed by atoms with van der Waals surface area (Å²) < 4.78 is 27.6. The number of anilines is 1. The van der Waals surface area contributed by atoms with E-state index in [1.165, 1.54) is 32.2 Å². The minimum absolute atomic E-state index is 0.0735. The molecule has 3 heterocycles. The first-order valence-electron chi connectivity index (χ1n) is 7.84. The third-order valence-electron chi connectivity index (χ3n) is 4.15. The molecule has 0 saturated carbocycles. The van der Waals surface area contributed by atoms with Crippen molar-refractivity contribution in [1.82, 2.24) is 20.3 Å². The van der Waals surface area contributed by atoms with Crippen molar-refractivity contribution < 1.29 is 8.78 Å². The molecule has 0 bridgehead atoms. The summed E-state index contributed by atoms with van der Waals surface area (Å²) in [5, 5.41) is 3.04. The van der Waals surface area contributed by atoms with Crippen LogP contribution < -0.4 is 15.8 Å². The van der Waals surface area contributed by atoms with Crippen LogP contribution in [0.2, 0.25) is 5.02 Å². The second kappa shape index (κ2) is 6.68. The Balaban J connectivity index is 2.00. The van der Waals surface area contributed by atoms with Crippen LogP contribution in [0.25, 0.3) is 11.4 Å². The summed E-state index contributed by atoms with van der Waals surface area (Å²) >= 11 is 6.13. The topological polar surface area (TPSA) is 73.9 Å². The largest absolute Gasteiger partial charge is 0.352 e. The quantitative estimate of drug-likeness (QED) is 0.811. The second-order valence-corrected chi connectivity index (χ2v) is 6.81. The van der Waals surface area contributed by atoms with Crippen LogP contribution in [0.5, 0.6) is 0 Å². The van der Waals surface area contributed by atoms with Gasteiger partial charge in [0.25, 0.3) is 5.56 Å². The highest BCUT2D eigenvalue weighted by Gasteiger charge is 2.34. The molecule has 3 rings (SSSR count). The van der Waals surface area contributed by atoms with Crippen molar-refractivity contribution in [3.8, 4) is 11.4 Å². The first-order valence-corrected chi connectivity index (χ1v) is 8.22. The van der Waals surface area contributed by atoms with Gasteiger partial charge < -0.3 is 15.2 Å². The number of rotatable bonds is 3. The highest BCUT2D eigenvalue weighted by atomic mass is 35.5. The zero-order valence-electron chi connectivity index (χ0n) is 13.8. The number of pyridine rings is 1. The van der Waals surface area contributed by atoms with Crippen LogP contribution in [0.4, 0.5) is 14.6 Å². The van der Waals surface area contributed by atoms with E-state index in [2.05, 4.69) is 20.3 Å². The molecule has 1 saturated heterocycles. The number of H-pyrrole nitrogens is 1. The molecule has 25 heavy (non-hydrogen) atoms. The maximum absolute atomic E-state index is 14.3. The van der Waals surface area contributed by atoms with Crippen molar-refractivity contribution >= 4 is 17.4 Å². The van der Waals surface area contributed by atoms with Crippen molar-refractivity contribution in [2.24, 2.45) is 0 Å². The molecular formula is C16H18ClF2N5O. The maximum atomic E-state index is 14.3.